The number of primary amides is 1. The van der Waals surface area contributed by atoms with Crippen LogP contribution in [0.2, 0.25) is 0 Å². The second-order valence-electron chi connectivity index (χ2n) is 3.04. The Morgan fingerprint density at radius 2 is 1.56 bits per heavy atom. The highest BCUT2D eigenvalue weighted by atomic mass is 16.4. The number of carboxylic acids is 1. The molecule has 1 rings (SSSR count). The van der Waals surface area contributed by atoms with Crippen molar-refractivity contribution in [3.05, 3.63) is 47.5 Å². The average molecular weight is 217 g/mol. The van der Waals surface area contributed by atoms with Gasteiger partial charge in [-0.25, -0.2) is 4.79 Å². The molecule has 0 unspecified atom stereocenters. The van der Waals surface area contributed by atoms with Crippen molar-refractivity contribution in [3.8, 4) is 0 Å². The van der Waals surface area contributed by atoms with Crippen LogP contribution in [-0.4, -0.2) is 17.0 Å². The molecular weight excluding hydrogens is 206 g/mol. The molecule has 0 aromatic heterocycles. The van der Waals surface area contributed by atoms with Crippen molar-refractivity contribution in [2.75, 3.05) is 0 Å². The summed E-state index contributed by atoms with van der Waals surface area (Å²) in [6.07, 6.45) is 5.28. The first-order valence-electron chi connectivity index (χ1n) is 4.57. The van der Waals surface area contributed by atoms with E-state index in [1.54, 1.807) is 30.3 Å². The van der Waals surface area contributed by atoms with Crippen LogP contribution in [0.15, 0.2) is 36.4 Å². The van der Waals surface area contributed by atoms with E-state index < -0.39 is 11.9 Å². The molecule has 4 heteroatoms. The molecule has 3 N–H and O–H groups in total. The van der Waals surface area contributed by atoms with Crippen molar-refractivity contribution in [2.24, 2.45) is 5.73 Å². The topological polar surface area (TPSA) is 80.4 Å². The third-order valence-electron chi connectivity index (χ3n) is 1.83. The smallest absolute Gasteiger partial charge is 0.328 e. The van der Waals surface area contributed by atoms with Crippen molar-refractivity contribution >= 4 is 24.0 Å². The molecule has 0 aliphatic heterocycles. The molecule has 4 nitrogen and oxygen atoms in total. The largest absolute Gasteiger partial charge is 0.478 e. The number of aliphatic carboxylic acids is 1. The molecule has 1 aromatic rings. The molecule has 0 saturated heterocycles. The number of nitrogens with two attached hydrogens (primary N) is 1. The van der Waals surface area contributed by atoms with E-state index >= 15 is 0 Å². The molecule has 0 bridgehead atoms. The van der Waals surface area contributed by atoms with E-state index in [1.807, 2.05) is 0 Å². The number of hydrogen-bond donors (Lipinski definition) is 2. The van der Waals surface area contributed by atoms with E-state index in [9.17, 15) is 9.59 Å². The lowest BCUT2D eigenvalue weighted by Gasteiger charge is -1.98. The minimum atomic E-state index is -1.02. The predicted octanol–water partition coefficient (Wildman–Crippen LogP) is 1.28. The Balaban J connectivity index is 3.00. The van der Waals surface area contributed by atoms with Crippen LogP contribution in [-0.2, 0) is 9.59 Å². The van der Waals surface area contributed by atoms with Crippen LogP contribution in [0.1, 0.15) is 11.1 Å². The summed E-state index contributed by atoms with van der Waals surface area (Å²) >= 11 is 0. The molecule has 0 aliphatic rings. The third-order valence-corrected chi connectivity index (χ3v) is 1.83. The fraction of sp³-hybridized carbons (Fsp3) is 0. The lowest BCUT2D eigenvalue weighted by molar-refractivity contribution is -0.131. The van der Waals surface area contributed by atoms with Gasteiger partial charge in [0.15, 0.2) is 0 Å². The van der Waals surface area contributed by atoms with Crippen molar-refractivity contribution in [1.82, 2.24) is 0 Å². The predicted molar refractivity (Wildman–Crippen MR) is 61.3 cm³/mol. The van der Waals surface area contributed by atoms with Gasteiger partial charge in [-0.1, -0.05) is 24.3 Å². The summed E-state index contributed by atoms with van der Waals surface area (Å²) in [6, 6.07) is 7.09. The van der Waals surface area contributed by atoms with E-state index in [1.165, 1.54) is 12.2 Å². The van der Waals surface area contributed by atoms with Gasteiger partial charge >= 0.3 is 5.97 Å². The minimum absolute atomic E-state index is 0.544. The minimum Gasteiger partial charge on any atom is -0.478 e. The second kappa shape index (κ2) is 5.50. The van der Waals surface area contributed by atoms with Gasteiger partial charge in [0.2, 0.25) is 5.91 Å². The fourth-order valence-corrected chi connectivity index (χ4v) is 1.15. The zero-order valence-corrected chi connectivity index (χ0v) is 8.46. The van der Waals surface area contributed by atoms with Gasteiger partial charge in [-0.05, 0) is 23.3 Å². The lowest BCUT2D eigenvalue weighted by atomic mass is 10.1. The highest BCUT2D eigenvalue weighted by Gasteiger charge is 1.96. The lowest BCUT2D eigenvalue weighted by Crippen LogP contribution is -2.05. The maximum absolute atomic E-state index is 10.6. The molecule has 0 radical (unpaired) electrons. The molecule has 1 amide bonds. The molecule has 0 atom stereocenters. The van der Waals surface area contributed by atoms with Gasteiger partial charge in [0.1, 0.15) is 0 Å². The summed E-state index contributed by atoms with van der Waals surface area (Å²) in [7, 11) is 0. The number of carbonyl (C=O) groups excluding carboxylic acids is 1. The molecule has 0 fully saturated rings. The number of hydrogen-bond acceptors (Lipinski definition) is 2. The highest BCUT2D eigenvalue weighted by molar-refractivity contribution is 5.91. The third kappa shape index (κ3) is 3.79. The molecule has 0 spiro atoms. The second-order valence-corrected chi connectivity index (χ2v) is 3.04. The Bertz CT molecular complexity index is 418. The summed E-state index contributed by atoms with van der Waals surface area (Å²) in [5.41, 5.74) is 6.42. The van der Waals surface area contributed by atoms with Gasteiger partial charge in [0, 0.05) is 12.2 Å². The summed E-state index contributed by atoms with van der Waals surface area (Å²) in [5.74, 6) is -1.56. The first kappa shape index (κ1) is 11.7. The Morgan fingerprint density at radius 3 is 2.00 bits per heavy atom. The van der Waals surface area contributed by atoms with Crippen molar-refractivity contribution in [2.45, 2.75) is 0 Å². The van der Waals surface area contributed by atoms with Crippen LogP contribution in [0.25, 0.3) is 12.2 Å². The van der Waals surface area contributed by atoms with Crippen molar-refractivity contribution in [3.63, 3.8) is 0 Å². The standard InChI is InChI=1S/C12H11NO3/c13-11(14)7-5-9-3-1-2-4-10(9)6-8-12(15)16/h1-8H,(H2,13,14)(H,15,16)/b7-5?,8-6+. The monoisotopic (exact) mass is 217 g/mol. The van der Waals surface area contributed by atoms with Crippen LogP contribution in [0.3, 0.4) is 0 Å². The summed E-state index contributed by atoms with van der Waals surface area (Å²) in [5, 5.41) is 8.50. The SMILES string of the molecule is NC(=O)C=Cc1ccccc1/C=C/C(=O)O. The number of benzene rings is 1. The molecule has 82 valence electrons. The van der Waals surface area contributed by atoms with Gasteiger partial charge < -0.3 is 10.8 Å². The van der Waals surface area contributed by atoms with Gasteiger partial charge in [0.25, 0.3) is 0 Å². The van der Waals surface area contributed by atoms with Gasteiger partial charge in [-0.3, -0.25) is 4.79 Å². The maximum atomic E-state index is 10.6. The van der Waals surface area contributed by atoms with E-state index in [4.69, 9.17) is 10.8 Å². The highest BCUT2D eigenvalue weighted by Crippen LogP contribution is 2.12. The summed E-state index contributed by atoms with van der Waals surface area (Å²) in [6.45, 7) is 0. The normalized spacial score (nSPS) is 11.0. The number of carboxylic acid groups (broad SMARTS) is 1. The Morgan fingerprint density at radius 1 is 1.06 bits per heavy atom. The van der Waals surface area contributed by atoms with E-state index in [0.717, 1.165) is 11.6 Å². The summed E-state index contributed by atoms with van der Waals surface area (Å²) in [4.78, 5) is 20.9. The molecule has 0 aliphatic carbocycles. The molecule has 0 saturated carbocycles. The van der Waals surface area contributed by atoms with Gasteiger partial charge in [-0.2, -0.15) is 0 Å². The van der Waals surface area contributed by atoms with E-state index in [2.05, 4.69) is 0 Å². The molecule has 1 aromatic carbocycles. The van der Waals surface area contributed by atoms with E-state index in [-0.39, 0.29) is 0 Å². The average Bonchev–Trinajstić information content (AvgIpc) is 2.24. The quantitative estimate of drug-likeness (QED) is 0.745. The Kier molecular flexibility index (Phi) is 4.03. The van der Waals surface area contributed by atoms with Crippen LogP contribution in [0, 0.1) is 0 Å². The van der Waals surface area contributed by atoms with Crippen LogP contribution >= 0.6 is 0 Å². The first-order chi connectivity index (χ1) is 7.59. The molecular formula is C12H11NO3. The Hall–Kier alpha value is -2.36. The maximum Gasteiger partial charge on any atom is 0.328 e. The van der Waals surface area contributed by atoms with Crippen molar-refractivity contribution < 1.29 is 14.7 Å². The summed E-state index contributed by atoms with van der Waals surface area (Å²) < 4.78 is 0. The zero-order valence-electron chi connectivity index (χ0n) is 8.46. The molecule has 0 heterocycles. The Labute approximate surface area is 92.7 Å². The van der Waals surface area contributed by atoms with Crippen LogP contribution in [0.5, 0.6) is 0 Å². The van der Waals surface area contributed by atoms with Crippen LogP contribution in [0.4, 0.5) is 0 Å². The molecule has 16 heavy (non-hydrogen) atoms. The first-order valence-corrected chi connectivity index (χ1v) is 4.57. The van der Waals surface area contributed by atoms with Crippen molar-refractivity contribution in [1.29, 1.82) is 0 Å². The van der Waals surface area contributed by atoms with Crippen LogP contribution < -0.4 is 5.73 Å². The number of carbonyl (C=O) groups is 2. The zero-order chi connectivity index (χ0) is 12.0. The fourth-order valence-electron chi connectivity index (χ4n) is 1.15. The van der Waals surface area contributed by atoms with Gasteiger partial charge in [-0.15, -0.1) is 0 Å². The van der Waals surface area contributed by atoms with Gasteiger partial charge in [0.05, 0.1) is 0 Å². The number of rotatable bonds is 4. The number of amides is 1. The van der Waals surface area contributed by atoms with E-state index in [0.29, 0.717) is 5.56 Å².